The van der Waals surface area contributed by atoms with Crippen molar-refractivity contribution in [3.8, 4) is 0 Å². The molecule has 0 radical (unpaired) electrons. The summed E-state index contributed by atoms with van der Waals surface area (Å²) in [6.07, 6.45) is 1.42. The molecule has 1 aromatic carbocycles. The van der Waals surface area contributed by atoms with Gasteiger partial charge in [-0.3, -0.25) is 4.98 Å². The van der Waals surface area contributed by atoms with Gasteiger partial charge in [0.05, 0.1) is 5.69 Å². The average molecular weight is 440 g/mol. The highest BCUT2D eigenvalue weighted by Gasteiger charge is 2.28. The maximum atomic E-state index is 13.6. The number of halogens is 2. The van der Waals surface area contributed by atoms with Crippen molar-refractivity contribution in [1.29, 1.82) is 0 Å². The standard InChI is InChI=1S/C24H27F2N5O/c1-15-14-19-18(16(2)27-15)6-4-7-20(19)29-23(32)28-17-10-12-31(13-11-17)22-9-5-8-21(30-22)24(3,25)26/h4-9,14,17H,10-13H2,1-3H3,(H2,28,29,32). The number of hydrogen-bond donors (Lipinski definition) is 2. The highest BCUT2D eigenvalue weighted by atomic mass is 19.3. The van der Waals surface area contributed by atoms with E-state index in [-0.39, 0.29) is 17.8 Å². The van der Waals surface area contributed by atoms with E-state index >= 15 is 0 Å². The lowest BCUT2D eigenvalue weighted by Gasteiger charge is -2.33. The van der Waals surface area contributed by atoms with Crippen LogP contribution in [0, 0.1) is 13.8 Å². The number of rotatable bonds is 4. The van der Waals surface area contributed by atoms with Gasteiger partial charge >= 0.3 is 6.03 Å². The van der Waals surface area contributed by atoms with Crippen LogP contribution in [0.15, 0.2) is 42.5 Å². The summed E-state index contributed by atoms with van der Waals surface area (Å²) in [5.74, 6) is -2.43. The summed E-state index contributed by atoms with van der Waals surface area (Å²) in [5.41, 5.74) is 2.34. The number of hydrogen-bond acceptors (Lipinski definition) is 4. The van der Waals surface area contributed by atoms with Gasteiger partial charge in [0.25, 0.3) is 5.92 Å². The van der Waals surface area contributed by atoms with Crippen LogP contribution in [0.1, 0.15) is 36.8 Å². The third-order valence-electron chi connectivity index (χ3n) is 5.78. The molecule has 1 saturated heterocycles. The van der Waals surface area contributed by atoms with Crippen LogP contribution in [0.25, 0.3) is 10.8 Å². The summed E-state index contributed by atoms with van der Waals surface area (Å²) in [6, 6.07) is 12.2. The summed E-state index contributed by atoms with van der Waals surface area (Å²) in [4.78, 5) is 23.2. The van der Waals surface area contributed by atoms with E-state index in [0.717, 1.165) is 34.8 Å². The van der Waals surface area contributed by atoms with E-state index in [9.17, 15) is 13.6 Å². The van der Waals surface area contributed by atoms with Gasteiger partial charge < -0.3 is 15.5 Å². The number of urea groups is 1. The molecular formula is C24H27F2N5O. The predicted molar refractivity (Wildman–Crippen MR) is 122 cm³/mol. The van der Waals surface area contributed by atoms with E-state index in [4.69, 9.17) is 0 Å². The molecule has 0 atom stereocenters. The molecule has 3 aromatic rings. The fraction of sp³-hybridized carbons (Fsp3) is 0.375. The van der Waals surface area contributed by atoms with Crippen molar-refractivity contribution >= 4 is 28.3 Å². The number of aryl methyl sites for hydroxylation is 2. The van der Waals surface area contributed by atoms with Crippen LogP contribution in [0.3, 0.4) is 0 Å². The molecule has 6 nitrogen and oxygen atoms in total. The number of nitrogens with one attached hydrogen (secondary N) is 2. The van der Waals surface area contributed by atoms with E-state index in [1.807, 2.05) is 43.0 Å². The molecule has 2 aromatic heterocycles. The number of nitrogens with zero attached hydrogens (tertiary/aromatic N) is 3. The zero-order chi connectivity index (χ0) is 22.9. The minimum Gasteiger partial charge on any atom is -0.356 e. The number of pyridine rings is 2. The molecule has 168 valence electrons. The maximum Gasteiger partial charge on any atom is 0.319 e. The quantitative estimate of drug-likeness (QED) is 0.590. The molecule has 3 heterocycles. The van der Waals surface area contributed by atoms with Crippen molar-refractivity contribution in [2.24, 2.45) is 0 Å². The fourth-order valence-corrected chi connectivity index (χ4v) is 4.15. The number of fused-ring (bicyclic) bond motifs is 1. The Hall–Kier alpha value is -3.29. The van der Waals surface area contributed by atoms with Gasteiger partial charge in [-0.2, -0.15) is 8.78 Å². The van der Waals surface area contributed by atoms with E-state index in [1.165, 1.54) is 6.07 Å². The van der Waals surface area contributed by atoms with Gasteiger partial charge in [0.15, 0.2) is 0 Å². The number of alkyl halides is 2. The lowest BCUT2D eigenvalue weighted by Crippen LogP contribution is -2.46. The van der Waals surface area contributed by atoms with Crippen molar-refractivity contribution in [2.45, 2.75) is 45.6 Å². The second kappa shape index (κ2) is 8.68. The summed E-state index contributed by atoms with van der Waals surface area (Å²) in [6.45, 7) is 6.01. The molecule has 4 rings (SSSR count). The van der Waals surface area contributed by atoms with Crippen LogP contribution in [0.4, 0.5) is 25.1 Å². The summed E-state index contributed by atoms with van der Waals surface area (Å²) >= 11 is 0. The second-order valence-corrected chi connectivity index (χ2v) is 8.38. The van der Waals surface area contributed by atoms with Crippen molar-refractivity contribution in [1.82, 2.24) is 15.3 Å². The van der Waals surface area contributed by atoms with Crippen molar-refractivity contribution in [2.75, 3.05) is 23.3 Å². The van der Waals surface area contributed by atoms with Gasteiger partial charge in [0.1, 0.15) is 11.5 Å². The van der Waals surface area contributed by atoms with E-state index in [0.29, 0.717) is 31.7 Å². The zero-order valence-corrected chi connectivity index (χ0v) is 18.5. The van der Waals surface area contributed by atoms with Crippen LogP contribution in [-0.2, 0) is 5.92 Å². The first-order chi connectivity index (χ1) is 15.2. The Morgan fingerprint density at radius 1 is 1.06 bits per heavy atom. The third-order valence-corrected chi connectivity index (χ3v) is 5.78. The van der Waals surface area contributed by atoms with E-state index < -0.39 is 5.92 Å². The predicted octanol–water partition coefficient (Wildman–Crippen LogP) is 5.15. The number of anilines is 2. The molecule has 0 saturated carbocycles. The summed E-state index contributed by atoms with van der Waals surface area (Å²) in [7, 11) is 0. The van der Waals surface area contributed by atoms with Gasteiger partial charge in [-0.05, 0) is 51.0 Å². The van der Waals surface area contributed by atoms with Crippen LogP contribution >= 0.6 is 0 Å². The number of carbonyl (C=O) groups is 1. The first-order valence-electron chi connectivity index (χ1n) is 10.8. The van der Waals surface area contributed by atoms with E-state index in [1.54, 1.807) is 12.1 Å². The zero-order valence-electron chi connectivity index (χ0n) is 18.5. The average Bonchev–Trinajstić information content (AvgIpc) is 2.74. The second-order valence-electron chi connectivity index (χ2n) is 8.38. The van der Waals surface area contributed by atoms with Crippen LogP contribution in [0.2, 0.25) is 0 Å². The molecule has 1 fully saturated rings. The first kappa shape index (κ1) is 21.9. The Morgan fingerprint density at radius 2 is 1.78 bits per heavy atom. The number of carbonyl (C=O) groups excluding carboxylic acids is 1. The third kappa shape index (κ3) is 4.79. The van der Waals surface area contributed by atoms with Gasteiger partial charge in [0.2, 0.25) is 0 Å². The molecule has 0 bridgehead atoms. The number of aromatic nitrogens is 2. The van der Waals surface area contributed by atoms with Crippen LogP contribution < -0.4 is 15.5 Å². The van der Waals surface area contributed by atoms with Gasteiger partial charge in [0, 0.05) is 48.2 Å². The number of piperidine rings is 1. The summed E-state index contributed by atoms with van der Waals surface area (Å²) < 4.78 is 27.2. The van der Waals surface area contributed by atoms with Crippen LogP contribution in [-0.4, -0.2) is 35.1 Å². The highest BCUT2D eigenvalue weighted by Crippen LogP contribution is 2.28. The van der Waals surface area contributed by atoms with Gasteiger partial charge in [-0.15, -0.1) is 0 Å². The molecule has 32 heavy (non-hydrogen) atoms. The maximum absolute atomic E-state index is 13.6. The Labute approximate surface area is 186 Å². The summed E-state index contributed by atoms with van der Waals surface area (Å²) in [5, 5.41) is 7.97. The topological polar surface area (TPSA) is 70.2 Å². The molecule has 0 unspecified atom stereocenters. The molecule has 2 N–H and O–H groups in total. The molecule has 0 spiro atoms. The normalized spacial score (nSPS) is 15.1. The number of amides is 2. The SMILES string of the molecule is Cc1cc2c(NC(=O)NC3CCN(c4cccc(C(C)(F)F)n4)CC3)cccc2c(C)n1. The fourth-order valence-electron chi connectivity index (χ4n) is 4.15. The van der Waals surface area contributed by atoms with Crippen molar-refractivity contribution in [3.05, 3.63) is 59.5 Å². The highest BCUT2D eigenvalue weighted by molar-refractivity contribution is 6.02. The smallest absolute Gasteiger partial charge is 0.319 e. The van der Waals surface area contributed by atoms with Gasteiger partial charge in [-0.1, -0.05) is 18.2 Å². The number of benzene rings is 1. The lowest BCUT2D eigenvalue weighted by atomic mass is 10.0. The molecule has 1 aliphatic rings. The molecule has 1 aliphatic heterocycles. The van der Waals surface area contributed by atoms with Crippen molar-refractivity contribution in [3.63, 3.8) is 0 Å². The molecule has 8 heteroatoms. The minimum atomic E-state index is -2.97. The first-order valence-corrected chi connectivity index (χ1v) is 10.8. The van der Waals surface area contributed by atoms with E-state index in [2.05, 4.69) is 20.6 Å². The Kier molecular flexibility index (Phi) is 5.95. The van der Waals surface area contributed by atoms with Crippen molar-refractivity contribution < 1.29 is 13.6 Å². The largest absolute Gasteiger partial charge is 0.356 e. The van der Waals surface area contributed by atoms with Crippen LogP contribution in [0.5, 0.6) is 0 Å². The molecule has 2 amide bonds. The monoisotopic (exact) mass is 439 g/mol. The molecule has 0 aliphatic carbocycles. The Morgan fingerprint density at radius 3 is 2.50 bits per heavy atom. The van der Waals surface area contributed by atoms with Gasteiger partial charge in [-0.25, -0.2) is 9.78 Å². The molecular weight excluding hydrogens is 412 g/mol. The Bertz CT molecular complexity index is 1140. The minimum absolute atomic E-state index is 0.00200. The Balaban J connectivity index is 1.37. The lowest BCUT2D eigenvalue weighted by molar-refractivity contribution is 0.0128.